The molecule has 0 heterocycles. The summed E-state index contributed by atoms with van der Waals surface area (Å²) >= 11 is 5.89. The molecule has 2 aromatic rings. The van der Waals surface area contributed by atoms with Crippen molar-refractivity contribution in [3.8, 4) is 0 Å². The Balaban J connectivity index is 2.31. The second-order valence-electron chi connectivity index (χ2n) is 4.42. The fraction of sp³-hybridized carbons (Fsp3) is 0.200. The summed E-state index contributed by atoms with van der Waals surface area (Å²) in [5.74, 6) is -1.79. The topological polar surface area (TPSA) is 12.0 Å². The lowest BCUT2D eigenvalue weighted by molar-refractivity contribution is 0.520. The van der Waals surface area contributed by atoms with Gasteiger partial charge in [-0.2, -0.15) is 0 Å². The predicted octanol–water partition coefficient (Wildman–Crippen LogP) is 4.26. The smallest absolute Gasteiger partial charge is 0.142 e. The first-order valence-corrected chi connectivity index (χ1v) is 6.46. The monoisotopic (exact) mass is 299 g/mol. The standard InChI is InChI=1S/C15H13ClF3N/c1-20-14(11-6-5-10(17)8-13(11)19)7-9-3-2-4-12(18)15(9)16/h2-6,8,14,20H,7H2,1H3. The number of hydrogen-bond acceptors (Lipinski definition) is 1. The molecule has 0 saturated heterocycles. The lowest BCUT2D eigenvalue weighted by Crippen LogP contribution is -2.20. The van der Waals surface area contributed by atoms with Gasteiger partial charge in [0.15, 0.2) is 0 Å². The Morgan fingerprint density at radius 3 is 2.50 bits per heavy atom. The van der Waals surface area contributed by atoms with E-state index in [4.69, 9.17) is 11.6 Å². The molecule has 0 aromatic heterocycles. The van der Waals surface area contributed by atoms with Crippen LogP contribution in [0.5, 0.6) is 0 Å². The van der Waals surface area contributed by atoms with Gasteiger partial charge in [-0.25, -0.2) is 13.2 Å². The molecule has 106 valence electrons. The van der Waals surface area contributed by atoms with Crippen molar-refractivity contribution in [1.29, 1.82) is 0 Å². The van der Waals surface area contributed by atoms with Crippen molar-refractivity contribution in [2.75, 3.05) is 7.05 Å². The van der Waals surface area contributed by atoms with Crippen LogP contribution in [0.2, 0.25) is 5.02 Å². The molecule has 1 N–H and O–H groups in total. The van der Waals surface area contributed by atoms with Gasteiger partial charge in [0.2, 0.25) is 0 Å². The zero-order chi connectivity index (χ0) is 14.7. The minimum atomic E-state index is -0.642. The van der Waals surface area contributed by atoms with E-state index in [1.54, 1.807) is 19.2 Å². The molecule has 0 saturated carbocycles. The Morgan fingerprint density at radius 1 is 1.10 bits per heavy atom. The fourth-order valence-electron chi connectivity index (χ4n) is 2.08. The van der Waals surface area contributed by atoms with Gasteiger partial charge in [-0.05, 0) is 31.2 Å². The highest BCUT2D eigenvalue weighted by Crippen LogP contribution is 2.27. The van der Waals surface area contributed by atoms with Gasteiger partial charge in [0, 0.05) is 17.7 Å². The lowest BCUT2D eigenvalue weighted by atomic mass is 9.98. The van der Waals surface area contributed by atoms with E-state index < -0.39 is 23.5 Å². The summed E-state index contributed by atoms with van der Waals surface area (Å²) in [6.45, 7) is 0. The van der Waals surface area contributed by atoms with Gasteiger partial charge in [-0.15, -0.1) is 0 Å². The molecule has 0 aliphatic carbocycles. The first-order valence-electron chi connectivity index (χ1n) is 6.08. The largest absolute Gasteiger partial charge is 0.313 e. The molecule has 1 unspecified atom stereocenters. The third kappa shape index (κ3) is 3.14. The molecule has 2 aromatic carbocycles. The summed E-state index contributed by atoms with van der Waals surface area (Å²) in [5, 5.41) is 2.95. The van der Waals surface area contributed by atoms with Crippen LogP contribution in [0.1, 0.15) is 17.2 Å². The summed E-state index contributed by atoms with van der Waals surface area (Å²) in [7, 11) is 1.65. The van der Waals surface area contributed by atoms with Crippen LogP contribution in [0.3, 0.4) is 0 Å². The molecule has 0 aliphatic rings. The maximum atomic E-state index is 13.8. The summed E-state index contributed by atoms with van der Waals surface area (Å²) in [6, 6.07) is 7.46. The SMILES string of the molecule is CNC(Cc1cccc(F)c1Cl)c1ccc(F)cc1F. The molecule has 5 heteroatoms. The molecule has 20 heavy (non-hydrogen) atoms. The number of halogens is 4. The van der Waals surface area contributed by atoms with Crippen LogP contribution in [0.25, 0.3) is 0 Å². The van der Waals surface area contributed by atoms with Crippen LogP contribution in [0.4, 0.5) is 13.2 Å². The summed E-state index contributed by atoms with van der Waals surface area (Å²) < 4.78 is 40.1. The molecular formula is C15H13ClF3N. The molecule has 1 nitrogen and oxygen atoms in total. The molecule has 0 spiro atoms. The van der Waals surface area contributed by atoms with Crippen molar-refractivity contribution < 1.29 is 13.2 Å². The van der Waals surface area contributed by atoms with E-state index in [2.05, 4.69) is 5.32 Å². The van der Waals surface area contributed by atoms with Crippen molar-refractivity contribution >= 4 is 11.6 Å². The quantitative estimate of drug-likeness (QED) is 0.889. The van der Waals surface area contributed by atoms with Crippen LogP contribution >= 0.6 is 11.6 Å². The summed E-state index contributed by atoms with van der Waals surface area (Å²) in [6.07, 6.45) is 0.301. The first kappa shape index (κ1) is 14.9. The lowest BCUT2D eigenvalue weighted by Gasteiger charge is -2.18. The van der Waals surface area contributed by atoms with Gasteiger partial charge < -0.3 is 5.32 Å². The first-order chi connectivity index (χ1) is 9.52. The molecule has 0 radical (unpaired) electrons. The van der Waals surface area contributed by atoms with Crippen molar-refractivity contribution in [3.63, 3.8) is 0 Å². The van der Waals surface area contributed by atoms with Gasteiger partial charge in [-0.3, -0.25) is 0 Å². The van der Waals surface area contributed by atoms with Crippen molar-refractivity contribution in [3.05, 3.63) is 70.0 Å². The van der Waals surface area contributed by atoms with E-state index in [1.807, 2.05) is 0 Å². The Kier molecular flexibility index (Phi) is 4.68. The molecule has 0 amide bonds. The molecule has 0 bridgehead atoms. The summed E-state index contributed by atoms with van der Waals surface area (Å²) in [4.78, 5) is 0. The average Bonchev–Trinajstić information content (AvgIpc) is 2.41. The predicted molar refractivity (Wildman–Crippen MR) is 73.3 cm³/mol. The van der Waals surface area contributed by atoms with E-state index in [9.17, 15) is 13.2 Å². The summed E-state index contributed by atoms with van der Waals surface area (Å²) in [5.41, 5.74) is 0.879. The zero-order valence-electron chi connectivity index (χ0n) is 10.8. The number of benzene rings is 2. The molecule has 0 fully saturated rings. The van der Waals surface area contributed by atoms with E-state index in [0.717, 1.165) is 6.07 Å². The van der Waals surface area contributed by atoms with Gasteiger partial charge in [-0.1, -0.05) is 29.8 Å². The zero-order valence-corrected chi connectivity index (χ0v) is 11.5. The maximum Gasteiger partial charge on any atom is 0.142 e. The van der Waals surface area contributed by atoms with Crippen LogP contribution in [0, 0.1) is 17.5 Å². The Morgan fingerprint density at radius 2 is 1.85 bits per heavy atom. The van der Waals surface area contributed by atoms with Crippen molar-refractivity contribution in [2.45, 2.75) is 12.5 Å². The highest BCUT2D eigenvalue weighted by molar-refractivity contribution is 6.31. The second kappa shape index (κ2) is 6.29. The van der Waals surface area contributed by atoms with Gasteiger partial charge in [0.25, 0.3) is 0 Å². The highest BCUT2D eigenvalue weighted by atomic mass is 35.5. The number of nitrogens with one attached hydrogen (secondary N) is 1. The third-order valence-corrected chi connectivity index (χ3v) is 3.57. The van der Waals surface area contributed by atoms with Crippen LogP contribution < -0.4 is 5.32 Å². The van der Waals surface area contributed by atoms with Gasteiger partial charge in [0.1, 0.15) is 17.5 Å². The van der Waals surface area contributed by atoms with Crippen molar-refractivity contribution in [2.24, 2.45) is 0 Å². The number of hydrogen-bond donors (Lipinski definition) is 1. The molecule has 0 aliphatic heterocycles. The number of rotatable bonds is 4. The Bertz CT molecular complexity index is 616. The highest BCUT2D eigenvalue weighted by Gasteiger charge is 2.17. The minimum Gasteiger partial charge on any atom is -0.313 e. The van der Waals surface area contributed by atoms with E-state index in [1.165, 1.54) is 18.2 Å². The normalized spacial score (nSPS) is 12.4. The van der Waals surface area contributed by atoms with Crippen LogP contribution in [-0.2, 0) is 6.42 Å². The number of likely N-dealkylation sites (N-methyl/N-ethyl adjacent to an activating group) is 1. The molecule has 2 rings (SSSR count). The van der Waals surface area contributed by atoms with Crippen molar-refractivity contribution in [1.82, 2.24) is 5.32 Å². The van der Waals surface area contributed by atoms with E-state index in [0.29, 0.717) is 17.5 Å². The minimum absolute atomic E-state index is 0.0234. The van der Waals surface area contributed by atoms with Crippen LogP contribution in [0.15, 0.2) is 36.4 Å². The van der Waals surface area contributed by atoms with Gasteiger partial charge >= 0.3 is 0 Å². The maximum absolute atomic E-state index is 13.8. The average molecular weight is 300 g/mol. The molecule has 1 atom stereocenters. The van der Waals surface area contributed by atoms with E-state index in [-0.39, 0.29) is 5.02 Å². The fourth-order valence-corrected chi connectivity index (χ4v) is 2.28. The van der Waals surface area contributed by atoms with E-state index >= 15 is 0 Å². The Hall–Kier alpha value is -1.52. The Labute approximate surface area is 120 Å². The van der Waals surface area contributed by atoms with Crippen LogP contribution in [-0.4, -0.2) is 7.05 Å². The third-order valence-electron chi connectivity index (χ3n) is 3.14. The molecular weight excluding hydrogens is 287 g/mol. The van der Waals surface area contributed by atoms with Gasteiger partial charge in [0.05, 0.1) is 5.02 Å². The second-order valence-corrected chi connectivity index (χ2v) is 4.80.